The van der Waals surface area contributed by atoms with E-state index in [9.17, 15) is 9.59 Å². The van der Waals surface area contributed by atoms with Crippen LogP contribution in [0.1, 0.15) is 24.5 Å². The van der Waals surface area contributed by atoms with Crippen LogP contribution in [0.3, 0.4) is 0 Å². The van der Waals surface area contributed by atoms with E-state index in [0.29, 0.717) is 18.8 Å². The van der Waals surface area contributed by atoms with E-state index >= 15 is 0 Å². The summed E-state index contributed by atoms with van der Waals surface area (Å²) in [6.07, 6.45) is 1.89. The van der Waals surface area contributed by atoms with Gasteiger partial charge in [-0.15, -0.1) is 5.10 Å². The Morgan fingerprint density at radius 2 is 1.91 bits per heavy atom. The molecule has 0 aliphatic rings. The predicted octanol–water partition coefficient (Wildman–Crippen LogP) is 1.25. The van der Waals surface area contributed by atoms with Crippen molar-refractivity contribution >= 4 is 17.6 Å². The number of nitrogens with zero attached hydrogens (tertiary/aromatic N) is 3. The van der Waals surface area contributed by atoms with Crippen molar-refractivity contribution in [1.29, 1.82) is 0 Å². The molecule has 0 aliphatic heterocycles. The van der Waals surface area contributed by atoms with E-state index in [2.05, 4.69) is 20.9 Å². The minimum Gasteiger partial charge on any atom is -0.350 e. The fraction of sp³-hybridized carbons (Fsp3) is 0.333. The third kappa shape index (κ3) is 4.69. The van der Waals surface area contributed by atoms with Crippen LogP contribution in [-0.2, 0) is 22.7 Å². The van der Waals surface area contributed by atoms with Gasteiger partial charge in [0.1, 0.15) is 6.54 Å². The molecule has 7 heteroatoms. The molecule has 1 heterocycles. The fourth-order valence-electron chi connectivity index (χ4n) is 1.77. The van der Waals surface area contributed by atoms with Crippen molar-refractivity contribution in [2.24, 2.45) is 0 Å². The standard InChI is InChI=1S/C15H19N5O2/c1-3-14(21)17-13-9-20(19-18-13)10-15(22)16-8-12-6-4-11(2)5-7-12/h4-7,9H,3,8,10H2,1-2H3,(H,16,22)(H,17,21). The summed E-state index contributed by atoms with van der Waals surface area (Å²) < 4.78 is 1.38. The van der Waals surface area contributed by atoms with E-state index in [1.807, 2.05) is 31.2 Å². The van der Waals surface area contributed by atoms with Gasteiger partial charge in [0.25, 0.3) is 0 Å². The lowest BCUT2D eigenvalue weighted by atomic mass is 10.1. The van der Waals surface area contributed by atoms with Gasteiger partial charge in [-0.1, -0.05) is 42.0 Å². The monoisotopic (exact) mass is 301 g/mol. The van der Waals surface area contributed by atoms with Crippen molar-refractivity contribution in [3.63, 3.8) is 0 Å². The van der Waals surface area contributed by atoms with E-state index in [-0.39, 0.29) is 18.4 Å². The zero-order valence-electron chi connectivity index (χ0n) is 12.7. The van der Waals surface area contributed by atoms with E-state index in [0.717, 1.165) is 5.56 Å². The summed E-state index contributed by atoms with van der Waals surface area (Å²) in [6, 6.07) is 7.95. The van der Waals surface area contributed by atoms with Crippen LogP contribution in [0.15, 0.2) is 30.5 Å². The number of amides is 2. The Hall–Kier alpha value is -2.70. The maximum atomic E-state index is 11.9. The van der Waals surface area contributed by atoms with Crippen LogP contribution in [-0.4, -0.2) is 26.8 Å². The maximum Gasteiger partial charge on any atom is 0.242 e. The average Bonchev–Trinajstić information content (AvgIpc) is 2.93. The number of aryl methyl sites for hydroxylation is 1. The third-order valence-corrected chi connectivity index (χ3v) is 3.04. The Bertz CT molecular complexity index is 648. The molecule has 0 unspecified atom stereocenters. The molecule has 1 aromatic carbocycles. The fourth-order valence-corrected chi connectivity index (χ4v) is 1.77. The lowest BCUT2D eigenvalue weighted by molar-refractivity contribution is -0.122. The molecule has 2 amide bonds. The molecular weight excluding hydrogens is 282 g/mol. The van der Waals surface area contributed by atoms with Crippen LogP contribution in [0.25, 0.3) is 0 Å². The van der Waals surface area contributed by atoms with E-state index < -0.39 is 0 Å². The third-order valence-electron chi connectivity index (χ3n) is 3.04. The zero-order chi connectivity index (χ0) is 15.9. The van der Waals surface area contributed by atoms with E-state index in [1.165, 1.54) is 16.4 Å². The predicted molar refractivity (Wildman–Crippen MR) is 82.0 cm³/mol. The highest BCUT2D eigenvalue weighted by Crippen LogP contribution is 2.03. The smallest absolute Gasteiger partial charge is 0.242 e. The van der Waals surface area contributed by atoms with Gasteiger partial charge in [-0.3, -0.25) is 9.59 Å². The highest BCUT2D eigenvalue weighted by atomic mass is 16.2. The first-order valence-corrected chi connectivity index (χ1v) is 7.09. The number of anilines is 1. The molecule has 0 radical (unpaired) electrons. The molecule has 0 spiro atoms. The van der Waals surface area contributed by atoms with Gasteiger partial charge in [0, 0.05) is 13.0 Å². The lowest BCUT2D eigenvalue weighted by Crippen LogP contribution is -2.27. The number of nitrogens with one attached hydrogen (secondary N) is 2. The molecule has 7 nitrogen and oxygen atoms in total. The van der Waals surface area contributed by atoms with Gasteiger partial charge in [0.05, 0.1) is 6.20 Å². The van der Waals surface area contributed by atoms with Crippen LogP contribution in [0.2, 0.25) is 0 Å². The summed E-state index contributed by atoms with van der Waals surface area (Å²) in [7, 11) is 0. The quantitative estimate of drug-likeness (QED) is 0.840. The number of carbonyl (C=O) groups excluding carboxylic acids is 2. The summed E-state index contributed by atoms with van der Waals surface area (Å²) in [5.74, 6) is 0.0351. The Morgan fingerprint density at radius 1 is 1.18 bits per heavy atom. The molecule has 0 saturated carbocycles. The molecule has 0 fully saturated rings. The highest BCUT2D eigenvalue weighted by Gasteiger charge is 2.07. The van der Waals surface area contributed by atoms with Crippen LogP contribution in [0, 0.1) is 6.92 Å². The van der Waals surface area contributed by atoms with Gasteiger partial charge in [0.2, 0.25) is 11.8 Å². The number of hydrogen-bond donors (Lipinski definition) is 2. The summed E-state index contributed by atoms with van der Waals surface area (Å²) in [4.78, 5) is 23.1. The summed E-state index contributed by atoms with van der Waals surface area (Å²) >= 11 is 0. The van der Waals surface area contributed by atoms with Crippen molar-refractivity contribution in [2.45, 2.75) is 33.4 Å². The largest absolute Gasteiger partial charge is 0.350 e. The molecule has 22 heavy (non-hydrogen) atoms. The number of aromatic nitrogens is 3. The zero-order valence-corrected chi connectivity index (χ0v) is 12.7. The second-order valence-electron chi connectivity index (χ2n) is 4.97. The molecule has 0 saturated heterocycles. The molecule has 116 valence electrons. The molecule has 0 atom stereocenters. The van der Waals surface area contributed by atoms with E-state index in [1.54, 1.807) is 6.92 Å². The van der Waals surface area contributed by atoms with Gasteiger partial charge >= 0.3 is 0 Å². The van der Waals surface area contributed by atoms with Crippen molar-refractivity contribution in [1.82, 2.24) is 20.3 Å². The Balaban J connectivity index is 1.81. The van der Waals surface area contributed by atoms with Crippen molar-refractivity contribution in [2.75, 3.05) is 5.32 Å². The van der Waals surface area contributed by atoms with Crippen molar-refractivity contribution in [3.8, 4) is 0 Å². The van der Waals surface area contributed by atoms with Crippen molar-refractivity contribution in [3.05, 3.63) is 41.6 Å². The molecule has 2 rings (SSSR count). The molecule has 2 N–H and O–H groups in total. The molecular formula is C15H19N5O2. The summed E-state index contributed by atoms with van der Waals surface area (Å²) in [5.41, 5.74) is 2.22. The normalized spacial score (nSPS) is 10.3. The minimum atomic E-state index is -0.168. The minimum absolute atomic E-state index is 0.0564. The number of benzene rings is 1. The molecule has 2 aromatic rings. The average molecular weight is 301 g/mol. The number of rotatable bonds is 6. The van der Waals surface area contributed by atoms with Gasteiger partial charge in [-0.2, -0.15) is 0 Å². The maximum absolute atomic E-state index is 11.9. The van der Waals surface area contributed by atoms with Crippen LogP contribution < -0.4 is 10.6 Å². The molecule has 0 bridgehead atoms. The Morgan fingerprint density at radius 3 is 2.59 bits per heavy atom. The highest BCUT2D eigenvalue weighted by molar-refractivity contribution is 5.89. The first-order valence-electron chi connectivity index (χ1n) is 7.09. The van der Waals surface area contributed by atoms with Gasteiger partial charge < -0.3 is 10.6 Å². The summed E-state index contributed by atoms with van der Waals surface area (Å²) in [5, 5.41) is 13.0. The molecule has 1 aromatic heterocycles. The Labute approximate surface area is 128 Å². The van der Waals surface area contributed by atoms with Gasteiger partial charge in [0.15, 0.2) is 5.82 Å². The number of hydrogen-bond acceptors (Lipinski definition) is 4. The first-order chi connectivity index (χ1) is 10.6. The second-order valence-corrected chi connectivity index (χ2v) is 4.97. The molecule has 0 aliphatic carbocycles. The first kappa shape index (κ1) is 15.7. The van der Waals surface area contributed by atoms with Crippen LogP contribution in [0.4, 0.5) is 5.82 Å². The van der Waals surface area contributed by atoms with Crippen LogP contribution in [0.5, 0.6) is 0 Å². The topological polar surface area (TPSA) is 88.9 Å². The summed E-state index contributed by atoms with van der Waals surface area (Å²) in [6.45, 7) is 4.29. The van der Waals surface area contributed by atoms with E-state index in [4.69, 9.17) is 0 Å². The van der Waals surface area contributed by atoms with Gasteiger partial charge in [-0.25, -0.2) is 4.68 Å². The van der Waals surface area contributed by atoms with Crippen molar-refractivity contribution < 1.29 is 9.59 Å². The second kappa shape index (κ2) is 7.35. The SMILES string of the molecule is CCC(=O)Nc1cn(CC(=O)NCc2ccc(C)cc2)nn1. The van der Waals surface area contributed by atoms with Gasteiger partial charge in [-0.05, 0) is 12.5 Å². The Kier molecular flexibility index (Phi) is 5.24. The number of carbonyl (C=O) groups is 2. The van der Waals surface area contributed by atoms with Crippen LogP contribution >= 0.6 is 0 Å². The lowest BCUT2D eigenvalue weighted by Gasteiger charge is -2.05.